The van der Waals surface area contributed by atoms with Crippen LogP contribution in [0.1, 0.15) is 17.3 Å². The van der Waals surface area contributed by atoms with Gasteiger partial charge in [-0.25, -0.2) is 4.39 Å². The predicted molar refractivity (Wildman–Crippen MR) is 220 cm³/mol. The van der Waals surface area contributed by atoms with Crippen molar-refractivity contribution in [3.63, 3.8) is 0 Å². The Morgan fingerprint density at radius 2 is 1.33 bits per heavy atom. The van der Waals surface area contributed by atoms with E-state index in [1.807, 2.05) is 65.9 Å². The van der Waals surface area contributed by atoms with Gasteiger partial charge in [-0.2, -0.15) is 42.5 Å². The van der Waals surface area contributed by atoms with E-state index in [0.29, 0.717) is 11.1 Å². The molecule has 10 rings (SSSR count). The molecule has 0 amide bonds. The second-order valence-electron chi connectivity index (χ2n) is 13.3. The Bertz CT molecular complexity index is 2730. The summed E-state index contributed by atoms with van der Waals surface area (Å²) < 4.78 is 19.2. The number of halogens is 1. The van der Waals surface area contributed by atoms with Crippen molar-refractivity contribution in [1.29, 1.82) is 0 Å². The standard InChI is InChI=1S/C48H30FN2SSi.Pd/c49-46(34-16-13-15-33(31-34)41-24-11-12-30-50-41)35-17-14-18-36(32-35)51-42-25-8-10-27-45(42)53(37-19-3-1-4-20-37,38-21-5-2-6-22-38)48-43(51)29-28-40-39-23-7-9-26-44(39)52-47(40)48;/h1-24,26-30,46H;/q-3;. The number of hydrogen-bond acceptors (Lipinski definition) is 3. The third-order valence-electron chi connectivity index (χ3n) is 10.4. The second-order valence-corrected chi connectivity index (χ2v) is 18.0. The van der Waals surface area contributed by atoms with E-state index in [0.717, 1.165) is 28.3 Å². The van der Waals surface area contributed by atoms with Gasteiger partial charge in [-0.05, 0) is 29.1 Å². The van der Waals surface area contributed by atoms with Gasteiger partial charge in [0.2, 0.25) is 0 Å². The Morgan fingerprint density at radius 3 is 2.09 bits per heavy atom. The van der Waals surface area contributed by atoms with Crippen molar-refractivity contribution in [3.05, 3.63) is 205 Å². The van der Waals surface area contributed by atoms with Gasteiger partial charge in [0.1, 0.15) is 14.2 Å². The Labute approximate surface area is 332 Å². The summed E-state index contributed by atoms with van der Waals surface area (Å²) in [7, 11) is -2.97. The zero-order valence-electron chi connectivity index (χ0n) is 28.8. The summed E-state index contributed by atoms with van der Waals surface area (Å²) in [5.41, 5.74) is 5.20. The van der Waals surface area contributed by atoms with Gasteiger partial charge in [-0.3, -0.25) is 0 Å². The van der Waals surface area contributed by atoms with Crippen molar-refractivity contribution in [1.82, 2.24) is 4.98 Å². The molecule has 9 aromatic rings. The number of pyridine rings is 1. The number of aromatic nitrogens is 1. The number of benzene rings is 7. The maximum absolute atomic E-state index is 16.7. The number of fused-ring (bicyclic) bond motifs is 6. The van der Waals surface area contributed by atoms with Crippen LogP contribution in [0.15, 0.2) is 176 Å². The zero-order valence-corrected chi connectivity index (χ0v) is 32.2. The third kappa shape index (κ3) is 5.41. The molecule has 54 heavy (non-hydrogen) atoms. The molecule has 1 unspecified atom stereocenters. The van der Waals surface area contributed by atoms with Crippen LogP contribution in [-0.4, -0.2) is 13.1 Å². The molecule has 2 nitrogen and oxygen atoms in total. The summed E-state index contributed by atoms with van der Waals surface area (Å²) in [5, 5.41) is 7.69. The molecule has 0 radical (unpaired) electrons. The van der Waals surface area contributed by atoms with Crippen molar-refractivity contribution in [3.8, 4) is 11.3 Å². The van der Waals surface area contributed by atoms with Crippen LogP contribution in [0.3, 0.4) is 0 Å². The first-order valence-corrected chi connectivity index (χ1v) is 20.5. The van der Waals surface area contributed by atoms with Crippen molar-refractivity contribution >= 4 is 77.4 Å². The number of nitrogens with zero attached hydrogens (tertiary/aromatic N) is 2. The normalized spacial score (nSPS) is 13.5. The SMILES string of the molecule is FC(c1[c-]c(-c2ccccn2)ccc1)c1[c-]c(N2c3[c-]cccc3[Si](c3ccccc3)(c3ccccc3)c3c2ccc2c3sc3ccccc32)ccc1.[Pd]. The minimum atomic E-state index is -2.97. The van der Waals surface area contributed by atoms with E-state index in [2.05, 4.69) is 137 Å². The minimum Gasteiger partial charge on any atom is -0.358 e. The largest absolute Gasteiger partial charge is 0.358 e. The van der Waals surface area contributed by atoms with E-state index < -0.39 is 14.2 Å². The van der Waals surface area contributed by atoms with Gasteiger partial charge in [0.25, 0.3) is 0 Å². The molecule has 3 heterocycles. The van der Waals surface area contributed by atoms with Gasteiger partial charge in [0, 0.05) is 52.5 Å². The van der Waals surface area contributed by atoms with Crippen molar-refractivity contribution in [2.45, 2.75) is 6.17 Å². The molecular weight excluding hydrogens is 790 g/mol. The van der Waals surface area contributed by atoms with E-state index in [9.17, 15) is 0 Å². The Balaban J connectivity index is 0.00000384. The fraction of sp³-hybridized carbons (Fsp3) is 0.0208. The number of rotatable bonds is 6. The molecule has 6 heteroatoms. The molecule has 1 aliphatic heterocycles. The van der Waals surface area contributed by atoms with E-state index in [1.165, 1.54) is 40.9 Å². The molecule has 1 aliphatic rings. The summed E-state index contributed by atoms with van der Waals surface area (Å²) in [6.45, 7) is 0. The molecule has 0 spiro atoms. The van der Waals surface area contributed by atoms with Gasteiger partial charge >= 0.3 is 0 Å². The van der Waals surface area contributed by atoms with Crippen molar-refractivity contribution in [2.75, 3.05) is 4.90 Å². The van der Waals surface area contributed by atoms with Crippen LogP contribution in [0.4, 0.5) is 21.5 Å². The Kier molecular flexibility index (Phi) is 8.93. The van der Waals surface area contributed by atoms with Gasteiger partial charge in [0.15, 0.2) is 0 Å². The Morgan fingerprint density at radius 1 is 0.630 bits per heavy atom. The number of thiophene rings is 1. The molecule has 0 fully saturated rings. The van der Waals surface area contributed by atoms with Gasteiger partial charge in [-0.15, -0.1) is 58.0 Å². The van der Waals surface area contributed by atoms with Crippen LogP contribution in [0.2, 0.25) is 0 Å². The summed E-state index contributed by atoms with van der Waals surface area (Å²) in [6.07, 6.45) is 0.305. The average Bonchev–Trinajstić information content (AvgIpc) is 3.62. The zero-order chi connectivity index (χ0) is 35.4. The Hall–Kier alpha value is -5.48. The molecule has 7 aromatic carbocycles. The van der Waals surface area contributed by atoms with Crippen LogP contribution < -0.4 is 25.6 Å². The summed E-state index contributed by atoms with van der Waals surface area (Å²) >= 11 is 1.86. The molecule has 1 atom stereocenters. The number of alkyl halides is 1. The fourth-order valence-corrected chi connectivity index (χ4v) is 15.0. The second kappa shape index (κ2) is 14.1. The molecular formula is C48H30FN2PdSSi-3. The quantitative estimate of drug-likeness (QED) is 0.123. The maximum Gasteiger partial charge on any atom is 0.129 e. The van der Waals surface area contributed by atoms with Crippen LogP contribution in [0, 0.1) is 18.2 Å². The van der Waals surface area contributed by atoms with Crippen LogP contribution >= 0.6 is 11.3 Å². The fourth-order valence-electron chi connectivity index (χ4n) is 8.12. The number of hydrogen-bond donors (Lipinski definition) is 0. The van der Waals surface area contributed by atoms with Crippen molar-refractivity contribution in [2.24, 2.45) is 0 Å². The van der Waals surface area contributed by atoms with E-state index in [1.54, 1.807) is 12.3 Å². The minimum absolute atomic E-state index is 0. The predicted octanol–water partition coefficient (Wildman–Crippen LogP) is 9.73. The van der Waals surface area contributed by atoms with E-state index in [4.69, 9.17) is 0 Å². The summed E-state index contributed by atoms with van der Waals surface area (Å²) in [4.78, 5) is 6.72. The summed E-state index contributed by atoms with van der Waals surface area (Å²) in [6, 6.07) is 69.3. The monoisotopic (exact) mass is 819 g/mol. The third-order valence-corrected chi connectivity index (χ3v) is 16.6. The van der Waals surface area contributed by atoms with Crippen LogP contribution in [-0.2, 0) is 20.4 Å². The van der Waals surface area contributed by atoms with E-state index in [-0.39, 0.29) is 20.4 Å². The van der Waals surface area contributed by atoms with Crippen LogP contribution in [0.25, 0.3) is 31.4 Å². The molecule has 2 aromatic heterocycles. The first-order valence-electron chi connectivity index (χ1n) is 17.7. The molecule has 0 saturated carbocycles. The number of anilines is 3. The van der Waals surface area contributed by atoms with Gasteiger partial charge in [-0.1, -0.05) is 124 Å². The number of para-hydroxylation sites is 1. The molecule has 0 saturated heterocycles. The van der Waals surface area contributed by atoms with Gasteiger partial charge < -0.3 is 9.88 Å². The smallest absolute Gasteiger partial charge is 0.129 e. The molecule has 262 valence electrons. The first-order chi connectivity index (χ1) is 26.2. The van der Waals surface area contributed by atoms with E-state index >= 15 is 4.39 Å². The molecule has 0 N–H and O–H groups in total. The molecule has 0 aliphatic carbocycles. The maximum atomic E-state index is 16.7. The summed E-state index contributed by atoms with van der Waals surface area (Å²) in [5.74, 6) is 0. The first kappa shape index (κ1) is 34.3. The van der Waals surface area contributed by atoms with Gasteiger partial charge in [0.05, 0.1) is 0 Å². The molecule has 0 bridgehead atoms. The topological polar surface area (TPSA) is 16.1 Å². The van der Waals surface area contributed by atoms with Crippen molar-refractivity contribution < 1.29 is 24.8 Å². The average molecular weight is 820 g/mol. The van der Waals surface area contributed by atoms with Crippen LogP contribution in [0.5, 0.6) is 0 Å².